The van der Waals surface area contributed by atoms with Crippen LogP contribution >= 0.6 is 0 Å². The van der Waals surface area contributed by atoms with Crippen molar-refractivity contribution >= 4 is 17.3 Å². The van der Waals surface area contributed by atoms with Crippen LogP contribution < -0.4 is 9.80 Å². The molecule has 0 N–H and O–H groups in total. The Morgan fingerprint density at radius 3 is 2.96 bits per heavy atom. The molecule has 0 spiro atoms. The van der Waals surface area contributed by atoms with Crippen molar-refractivity contribution in [2.24, 2.45) is 5.92 Å². The van der Waals surface area contributed by atoms with Crippen molar-refractivity contribution in [2.45, 2.75) is 19.3 Å². The minimum Gasteiger partial charge on any atom is -0.368 e. The maximum absolute atomic E-state index is 14.3. The number of pyridine rings is 1. The summed E-state index contributed by atoms with van der Waals surface area (Å²) in [7, 11) is 0. The number of aromatic nitrogens is 1. The lowest BCUT2D eigenvalue weighted by Gasteiger charge is -2.30. The number of aryl methyl sites for hydroxylation is 1. The van der Waals surface area contributed by atoms with Crippen LogP contribution in [-0.2, 0) is 11.2 Å². The van der Waals surface area contributed by atoms with Crippen molar-refractivity contribution in [1.82, 2.24) is 4.98 Å². The molecule has 6 heteroatoms. The molecule has 4 rings (SSSR count). The highest BCUT2D eigenvalue weighted by Crippen LogP contribution is 2.31. The minimum atomic E-state index is -0.412. The molecule has 1 atom stereocenters. The molecule has 1 amide bonds. The highest BCUT2D eigenvalue weighted by molar-refractivity contribution is 5.96. The summed E-state index contributed by atoms with van der Waals surface area (Å²) in [6.07, 6.45) is 4.27. The third kappa shape index (κ3) is 2.90. The van der Waals surface area contributed by atoms with Gasteiger partial charge in [-0.3, -0.25) is 9.78 Å². The first kappa shape index (κ1) is 16.5. The highest BCUT2D eigenvalue weighted by Gasteiger charge is 2.34. The summed E-state index contributed by atoms with van der Waals surface area (Å²) in [6.45, 7) is 1.83. The molecule has 0 bridgehead atoms. The number of amides is 1. The van der Waals surface area contributed by atoms with Crippen molar-refractivity contribution in [2.75, 3.05) is 29.4 Å². The molecule has 2 aliphatic rings. The number of hydrogen-bond acceptors (Lipinski definition) is 4. The van der Waals surface area contributed by atoms with Crippen molar-refractivity contribution in [3.8, 4) is 6.07 Å². The van der Waals surface area contributed by atoms with Crippen LogP contribution in [-0.4, -0.2) is 30.5 Å². The number of hydrogen-bond donors (Lipinski definition) is 0. The van der Waals surface area contributed by atoms with Gasteiger partial charge in [0.25, 0.3) is 0 Å². The van der Waals surface area contributed by atoms with E-state index in [1.165, 1.54) is 6.07 Å². The maximum Gasteiger partial charge on any atom is 0.232 e. The lowest BCUT2D eigenvalue weighted by atomic mass is 10.0. The number of nitriles is 1. The molecule has 1 aromatic carbocycles. The predicted octanol–water partition coefficient (Wildman–Crippen LogP) is 2.90. The number of anilines is 2. The van der Waals surface area contributed by atoms with Gasteiger partial charge in [-0.15, -0.1) is 0 Å². The Morgan fingerprint density at radius 1 is 1.27 bits per heavy atom. The number of carbonyl (C=O) groups excluding carboxylic acids is 1. The third-order valence-electron chi connectivity index (χ3n) is 5.17. The average Bonchev–Trinajstić information content (AvgIpc) is 3.16. The van der Waals surface area contributed by atoms with E-state index in [2.05, 4.69) is 4.98 Å². The number of rotatable bonds is 2. The van der Waals surface area contributed by atoms with Crippen LogP contribution in [0.2, 0.25) is 0 Å². The first-order chi connectivity index (χ1) is 12.7. The zero-order valence-corrected chi connectivity index (χ0v) is 14.4. The van der Waals surface area contributed by atoms with Crippen molar-refractivity contribution in [1.29, 1.82) is 5.26 Å². The second-order valence-corrected chi connectivity index (χ2v) is 6.77. The fourth-order valence-electron chi connectivity index (χ4n) is 3.86. The number of fused-ring (bicyclic) bond motifs is 1. The molecule has 0 radical (unpaired) electrons. The quantitative estimate of drug-likeness (QED) is 0.836. The summed E-state index contributed by atoms with van der Waals surface area (Å²) in [5, 5.41) is 8.87. The van der Waals surface area contributed by atoms with Gasteiger partial charge in [0.15, 0.2) is 0 Å². The summed E-state index contributed by atoms with van der Waals surface area (Å²) in [5.41, 5.74) is 2.64. The van der Waals surface area contributed by atoms with Crippen LogP contribution in [0.15, 0.2) is 36.5 Å². The van der Waals surface area contributed by atoms with Gasteiger partial charge < -0.3 is 9.80 Å². The van der Waals surface area contributed by atoms with Crippen molar-refractivity contribution in [3.63, 3.8) is 0 Å². The van der Waals surface area contributed by atoms with E-state index in [0.717, 1.165) is 24.2 Å². The van der Waals surface area contributed by atoms with Crippen LogP contribution in [0.1, 0.15) is 24.1 Å². The van der Waals surface area contributed by atoms with E-state index in [9.17, 15) is 9.18 Å². The molecule has 3 heterocycles. The average molecular weight is 350 g/mol. The Balaban J connectivity index is 1.51. The highest BCUT2D eigenvalue weighted by atomic mass is 19.1. The van der Waals surface area contributed by atoms with Gasteiger partial charge in [0.2, 0.25) is 5.91 Å². The van der Waals surface area contributed by atoms with E-state index in [1.54, 1.807) is 18.3 Å². The molecule has 2 aromatic rings. The molecule has 26 heavy (non-hydrogen) atoms. The second kappa shape index (κ2) is 6.75. The normalized spacial score (nSPS) is 19.2. The lowest BCUT2D eigenvalue weighted by Crippen LogP contribution is -2.40. The molecule has 132 valence electrons. The van der Waals surface area contributed by atoms with Gasteiger partial charge in [0, 0.05) is 25.8 Å². The molecular formula is C20H19FN4O. The van der Waals surface area contributed by atoms with Crippen molar-refractivity contribution < 1.29 is 9.18 Å². The Labute approximate surface area is 151 Å². The number of nitrogens with zero attached hydrogens (tertiary/aromatic N) is 4. The van der Waals surface area contributed by atoms with Crippen LogP contribution in [0.4, 0.5) is 15.8 Å². The largest absolute Gasteiger partial charge is 0.368 e. The number of benzene rings is 1. The van der Waals surface area contributed by atoms with Gasteiger partial charge >= 0.3 is 0 Å². The Morgan fingerprint density at radius 2 is 2.15 bits per heavy atom. The first-order valence-electron chi connectivity index (χ1n) is 8.87. The van der Waals surface area contributed by atoms with E-state index in [0.29, 0.717) is 37.3 Å². The first-order valence-corrected chi connectivity index (χ1v) is 8.87. The molecule has 5 nitrogen and oxygen atoms in total. The predicted molar refractivity (Wildman–Crippen MR) is 96.3 cm³/mol. The zero-order chi connectivity index (χ0) is 18.1. The standard InChI is InChI=1S/C20H19FN4O/c21-16-11-14(12-22)5-6-18(16)24-10-7-15(13-24)20(26)25-9-2-3-17-19(25)4-1-8-23-17/h1,4-6,8,11,15H,2-3,7,9-10,13H2. The molecule has 1 fully saturated rings. The molecule has 1 unspecified atom stereocenters. The summed E-state index contributed by atoms with van der Waals surface area (Å²) in [6, 6.07) is 10.2. The summed E-state index contributed by atoms with van der Waals surface area (Å²) in [5.74, 6) is -0.476. The zero-order valence-electron chi connectivity index (χ0n) is 14.4. The Bertz CT molecular complexity index is 892. The van der Waals surface area contributed by atoms with E-state index >= 15 is 0 Å². The van der Waals surface area contributed by atoms with E-state index in [-0.39, 0.29) is 11.8 Å². The molecule has 2 aliphatic heterocycles. The summed E-state index contributed by atoms with van der Waals surface area (Å²) < 4.78 is 14.3. The molecule has 0 saturated carbocycles. The Kier molecular flexibility index (Phi) is 4.29. The van der Waals surface area contributed by atoms with Gasteiger partial charge in [-0.2, -0.15) is 5.26 Å². The van der Waals surface area contributed by atoms with Crippen LogP contribution in [0.5, 0.6) is 0 Å². The lowest BCUT2D eigenvalue weighted by molar-refractivity contribution is -0.121. The Hall–Kier alpha value is -2.94. The monoisotopic (exact) mass is 350 g/mol. The number of carbonyl (C=O) groups is 1. The van der Waals surface area contributed by atoms with Gasteiger partial charge in [0.05, 0.1) is 34.6 Å². The molecule has 1 aromatic heterocycles. The van der Waals surface area contributed by atoms with Crippen LogP contribution in [0, 0.1) is 23.1 Å². The maximum atomic E-state index is 14.3. The minimum absolute atomic E-state index is 0.0931. The number of halogens is 1. The van der Waals surface area contributed by atoms with E-state index in [1.807, 2.05) is 28.0 Å². The summed E-state index contributed by atoms with van der Waals surface area (Å²) in [4.78, 5) is 21.2. The molecule has 1 saturated heterocycles. The van der Waals surface area contributed by atoms with E-state index in [4.69, 9.17) is 5.26 Å². The van der Waals surface area contributed by atoms with Crippen LogP contribution in [0.25, 0.3) is 0 Å². The van der Waals surface area contributed by atoms with E-state index < -0.39 is 5.82 Å². The second-order valence-electron chi connectivity index (χ2n) is 6.77. The van der Waals surface area contributed by atoms with Gasteiger partial charge in [0.1, 0.15) is 5.82 Å². The van der Waals surface area contributed by atoms with Gasteiger partial charge in [-0.05, 0) is 49.6 Å². The topological polar surface area (TPSA) is 60.2 Å². The molecule has 0 aliphatic carbocycles. The SMILES string of the molecule is N#Cc1ccc(N2CCC(C(=O)N3CCCc4ncccc43)C2)c(F)c1. The summed E-state index contributed by atoms with van der Waals surface area (Å²) >= 11 is 0. The van der Waals surface area contributed by atoms with Gasteiger partial charge in [-0.1, -0.05) is 0 Å². The van der Waals surface area contributed by atoms with Gasteiger partial charge in [-0.25, -0.2) is 4.39 Å². The molecular weight excluding hydrogens is 331 g/mol. The smallest absolute Gasteiger partial charge is 0.232 e. The fourth-order valence-corrected chi connectivity index (χ4v) is 3.86. The van der Waals surface area contributed by atoms with Crippen molar-refractivity contribution in [3.05, 3.63) is 53.6 Å². The fraction of sp³-hybridized carbons (Fsp3) is 0.350. The third-order valence-corrected chi connectivity index (χ3v) is 5.17. The van der Waals surface area contributed by atoms with Crippen LogP contribution in [0.3, 0.4) is 0 Å².